The summed E-state index contributed by atoms with van der Waals surface area (Å²) < 4.78 is 38.7. The minimum atomic E-state index is -3.50. The van der Waals surface area contributed by atoms with Gasteiger partial charge in [-0.1, -0.05) is 0 Å². The van der Waals surface area contributed by atoms with Gasteiger partial charge in [0.25, 0.3) is 0 Å². The van der Waals surface area contributed by atoms with Crippen molar-refractivity contribution in [1.29, 1.82) is 0 Å². The summed E-state index contributed by atoms with van der Waals surface area (Å²) in [4.78, 5) is 5.41. The van der Waals surface area contributed by atoms with Crippen LogP contribution < -0.4 is 9.46 Å². The number of benzene rings is 1. The maximum atomic E-state index is 12.7. The van der Waals surface area contributed by atoms with Crippen LogP contribution in [0.4, 0.5) is 0 Å². The van der Waals surface area contributed by atoms with Crippen LogP contribution in [-0.2, 0) is 14.8 Å². The number of hydrogen-bond donors (Lipinski definition) is 1. The average Bonchev–Trinajstić information content (AvgIpc) is 3.20. The molecule has 4 saturated heterocycles. The maximum absolute atomic E-state index is 12.7. The Kier molecular flexibility index (Phi) is 6.99. The zero-order chi connectivity index (χ0) is 21.1. The molecule has 30 heavy (non-hydrogen) atoms. The molecule has 5 atom stereocenters. The normalized spacial score (nSPS) is 31.9. The Balaban J connectivity index is 1.31. The first-order chi connectivity index (χ1) is 14.5. The average molecular weight is 438 g/mol. The van der Waals surface area contributed by atoms with Crippen LogP contribution in [0.3, 0.4) is 0 Å². The van der Waals surface area contributed by atoms with Crippen molar-refractivity contribution < 1.29 is 17.9 Å². The number of fused-ring (bicyclic) bond motifs is 3. The summed E-state index contributed by atoms with van der Waals surface area (Å²) in [6, 6.07) is 7.41. The number of rotatable bonds is 9. The largest absolute Gasteiger partial charge is 0.497 e. The lowest BCUT2D eigenvalue weighted by molar-refractivity contribution is -0.0156. The molecule has 1 aromatic rings. The van der Waals surface area contributed by atoms with Crippen molar-refractivity contribution in [2.75, 3.05) is 53.6 Å². The summed E-state index contributed by atoms with van der Waals surface area (Å²) in [6.45, 7) is 5.81. The first-order valence-electron chi connectivity index (χ1n) is 11.1. The molecule has 7 nitrogen and oxygen atoms in total. The molecule has 1 N–H and O–H groups in total. The number of ether oxygens (including phenoxy) is 2. The van der Waals surface area contributed by atoms with Crippen molar-refractivity contribution in [3.05, 3.63) is 24.3 Å². The van der Waals surface area contributed by atoms with Gasteiger partial charge >= 0.3 is 0 Å². The molecule has 0 radical (unpaired) electrons. The molecule has 0 saturated carbocycles. The second kappa shape index (κ2) is 9.53. The van der Waals surface area contributed by atoms with E-state index >= 15 is 0 Å². The number of hydrogen-bond acceptors (Lipinski definition) is 6. The van der Waals surface area contributed by atoms with Gasteiger partial charge in [-0.3, -0.25) is 9.80 Å². The molecule has 0 spiro atoms. The monoisotopic (exact) mass is 437 g/mol. The van der Waals surface area contributed by atoms with Gasteiger partial charge in [0.05, 0.1) is 18.6 Å². The van der Waals surface area contributed by atoms with Gasteiger partial charge in [-0.25, -0.2) is 13.1 Å². The van der Waals surface area contributed by atoms with Gasteiger partial charge in [0.2, 0.25) is 10.0 Å². The van der Waals surface area contributed by atoms with Gasteiger partial charge < -0.3 is 9.47 Å². The quantitative estimate of drug-likeness (QED) is 0.635. The van der Waals surface area contributed by atoms with E-state index in [1.165, 1.54) is 25.8 Å². The maximum Gasteiger partial charge on any atom is 0.240 e. The van der Waals surface area contributed by atoms with E-state index in [-0.39, 0.29) is 4.90 Å². The summed E-state index contributed by atoms with van der Waals surface area (Å²) >= 11 is 0. The third kappa shape index (κ3) is 4.83. The predicted molar refractivity (Wildman–Crippen MR) is 116 cm³/mol. The van der Waals surface area contributed by atoms with Crippen LogP contribution in [0.5, 0.6) is 5.75 Å². The number of piperidine rings is 3. The molecule has 1 aromatic carbocycles. The highest BCUT2D eigenvalue weighted by atomic mass is 32.2. The van der Waals surface area contributed by atoms with Crippen molar-refractivity contribution >= 4 is 10.0 Å². The Labute approximate surface area is 180 Å². The fourth-order valence-corrected chi connectivity index (χ4v) is 6.60. The summed E-state index contributed by atoms with van der Waals surface area (Å²) in [6.07, 6.45) is 4.82. The standard InChI is InChI=1S/C22H35N3O4S/c1-28-16-19-4-3-10-24(19)14-18-15-25-11-9-17(18)12-20(25)13-23-30(26,27)22-7-5-21(29-2)6-8-22/h5-8,17-20,23H,3-4,9-16H2,1-2H3. The summed E-state index contributed by atoms with van der Waals surface area (Å²) in [5.41, 5.74) is 0. The second-order valence-corrected chi connectivity index (χ2v) is 10.7. The van der Waals surface area contributed by atoms with Crippen LogP contribution in [0.1, 0.15) is 25.7 Å². The number of nitrogens with zero attached hydrogens (tertiary/aromatic N) is 2. The van der Waals surface area contributed by atoms with Gasteiger partial charge in [-0.15, -0.1) is 0 Å². The van der Waals surface area contributed by atoms with Crippen LogP contribution in [0.25, 0.3) is 0 Å². The summed E-state index contributed by atoms with van der Waals surface area (Å²) in [5, 5.41) is 0. The van der Waals surface area contributed by atoms with Crippen LogP contribution in [-0.4, -0.2) is 83.9 Å². The fraction of sp³-hybridized carbons (Fsp3) is 0.727. The van der Waals surface area contributed by atoms with E-state index in [4.69, 9.17) is 9.47 Å². The number of nitrogens with one attached hydrogen (secondary N) is 1. The van der Waals surface area contributed by atoms with Gasteiger partial charge in [0, 0.05) is 38.8 Å². The van der Waals surface area contributed by atoms with E-state index in [1.807, 2.05) is 0 Å². The minimum absolute atomic E-state index is 0.287. The fourth-order valence-electron chi connectivity index (χ4n) is 5.53. The highest BCUT2D eigenvalue weighted by Gasteiger charge is 2.41. The minimum Gasteiger partial charge on any atom is -0.497 e. The lowest BCUT2D eigenvalue weighted by Gasteiger charge is -2.51. The summed E-state index contributed by atoms with van der Waals surface area (Å²) in [5.74, 6) is 2.03. The Hall–Kier alpha value is -1.19. The molecule has 0 amide bonds. The third-order valence-electron chi connectivity index (χ3n) is 7.22. The Bertz CT molecular complexity index is 801. The SMILES string of the molecule is COCC1CCCN1CC1CN2CCC1CC2CNS(=O)(=O)c1ccc(OC)cc1. The molecule has 5 rings (SSSR count). The molecule has 2 bridgehead atoms. The number of likely N-dealkylation sites (tertiary alicyclic amines) is 1. The number of methoxy groups -OCH3 is 2. The molecular weight excluding hydrogens is 402 g/mol. The van der Waals surface area contributed by atoms with Crippen molar-refractivity contribution in [2.24, 2.45) is 11.8 Å². The Morgan fingerprint density at radius 2 is 1.90 bits per heavy atom. The predicted octanol–water partition coefficient (Wildman–Crippen LogP) is 1.79. The Morgan fingerprint density at radius 1 is 1.10 bits per heavy atom. The van der Waals surface area contributed by atoms with Crippen molar-refractivity contribution in [3.8, 4) is 5.75 Å². The molecule has 4 aliphatic rings. The van der Waals surface area contributed by atoms with Gasteiger partial charge in [0.1, 0.15) is 5.75 Å². The van der Waals surface area contributed by atoms with Crippen LogP contribution in [0.2, 0.25) is 0 Å². The molecule has 0 aliphatic carbocycles. The molecule has 4 heterocycles. The van der Waals surface area contributed by atoms with Gasteiger partial charge in [-0.2, -0.15) is 0 Å². The lowest BCUT2D eigenvalue weighted by atomic mass is 9.75. The number of sulfonamides is 1. The summed E-state index contributed by atoms with van der Waals surface area (Å²) in [7, 11) is -0.135. The topological polar surface area (TPSA) is 71.1 Å². The van der Waals surface area contributed by atoms with Crippen molar-refractivity contribution in [2.45, 2.75) is 42.7 Å². The van der Waals surface area contributed by atoms with E-state index < -0.39 is 10.0 Å². The van der Waals surface area contributed by atoms with E-state index in [0.717, 1.165) is 32.7 Å². The van der Waals surface area contributed by atoms with Crippen LogP contribution in [0.15, 0.2) is 29.2 Å². The third-order valence-corrected chi connectivity index (χ3v) is 8.66. The second-order valence-electron chi connectivity index (χ2n) is 8.97. The Morgan fingerprint density at radius 3 is 2.57 bits per heavy atom. The molecule has 5 unspecified atom stereocenters. The lowest BCUT2D eigenvalue weighted by Crippen LogP contribution is -2.58. The van der Waals surface area contributed by atoms with Crippen LogP contribution in [0, 0.1) is 11.8 Å². The first kappa shape index (κ1) is 22.0. The van der Waals surface area contributed by atoms with E-state index in [1.54, 1.807) is 38.5 Å². The van der Waals surface area contributed by atoms with Gasteiger partial charge in [-0.05, 0) is 74.9 Å². The van der Waals surface area contributed by atoms with Crippen molar-refractivity contribution in [1.82, 2.24) is 14.5 Å². The zero-order valence-corrected chi connectivity index (χ0v) is 18.9. The molecule has 168 valence electrons. The van der Waals surface area contributed by atoms with Crippen molar-refractivity contribution in [3.63, 3.8) is 0 Å². The molecule has 4 fully saturated rings. The molecule has 0 aromatic heterocycles. The molecule has 4 aliphatic heterocycles. The van der Waals surface area contributed by atoms with Crippen LogP contribution >= 0.6 is 0 Å². The van der Waals surface area contributed by atoms with E-state index in [2.05, 4.69) is 14.5 Å². The highest BCUT2D eigenvalue weighted by Crippen LogP contribution is 2.37. The molecular formula is C22H35N3O4S. The van der Waals surface area contributed by atoms with E-state index in [0.29, 0.717) is 36.2 Å². The van der Waals surface area contributed by atoms with Gasteiger partial charge in [0.15, 0.2) is 0 Å². The smallest absolute Gasteiger partial charge is 0.240 e. The van der Waals surface area contributed by atoms with E-state index in [9.17, 15) is 8.42 Å². The highest BCUT2D eigenvalue weighted by molar-refractivity contribution is 7.89. The zero-order valence-electron chi connectivity index (χ0n) is 18.1. The first-order valence-corrected chi connectivity index (χ1v) is 12.6. The molecule has 8 heteroatoms.